The molecule has 5 rings (SSSR count). The van der Waals surface area contributed by atoms with E-state index in [-0.39, 0.29) is 37.0 Å². The van der Waals surface area contributed by atoms with Crippen LogP contribution in [0.25, 0.3) is 0 Å². The Morgan fingerprint density at radius 3 is 2.64 bits per heavy atom. The number of anilines is 1. The molecule has 2 amide bonds. The van der Waals surface area contributed by atoms with Crippen molar-refractivity contribution in [2.45, 2.75) is 70.5 Å². The minimum atomic E-state index is -4.53. The Kier molecular flexibility index (Phi) is 8.03. The number of fused-ring (bicyclic) bond motifs is 3. The maximum Gasteiger partial charge on any atom is 0.419 e. The van der Waals surface area contributed by atoms with Gasteiger partial charge in [0.2, 0.25) is 11.8 Å². The minimum Gasteiger partial charge on any atom is -0.335 e. The number of benzene rings is 1. The van der Waals surface area contributed by atoms with Crippen molar-refractivity contribution in [3.05, 3.63) is 64.4 Å². The molecule has 0 saturated carbocycles. The molecule has 4 heterocycles. The standard InChI is InChI=1S/C27H31F3N6O2S/c1-19(37)35-11-9-22-6-4-7-23(36(22)17-25-31-10-12-39-25)16-33(14-20-5-2-3-8-24(20)35)26(38)18-34-15-21(13-32-34)27(28,29)30/h2-3,5,8,10,12-13,15,22-23H,4,6-7,9,11,14,16-18H2,1H3. The number of aromatic nitrogens is 3. The fraction of sp³-hybridized carbons (Fsp3) is 0.481. The van der Waals surface area contributed by atoms with Crippen LogP contribution in [0.3, 0.4) is 0 Å². The van der Waals surface area contributed by atoms with E-state index in [0.717, 1.165) is 59.0 Å². The predicted octanol–water partition coefficient (Wildman–Crippen LogP) is 4.57. The molecule has 2 bridgehead atoms. The molecule has 12 heteroatoms. The van der Waals surface area contributed by atoms with Crippen LogP contribution < -0.4 is 4.90 Å². The number of halogens is 3. The van der Waals surface area contributed by atoms with Gasteiger partial charge in [0.05, 0.1) is 18.3 Å². The van der Waals surface area contributed by atoms with Crippen LogP contribution in [0, 0.1) is 0 Å². The highest BCUT2D eigenvalue weighted by molar-refractivity contribution is 7.09. The van der Waals surface area contributed by atoms with Gasteiger partial charge in [-0.1, -0.05) is 24.6 Å². The van der Waals surface area contributed by atoms with Crippen molar-refractivity contribution in [3.63, 3.8) is 0 Å². The highest BCUT2D eigenvalue weighted by atomic mass is 32.1. The Hall–Kier alpha value is -3.25. The molecule has 0 N–H and O–H groups in total. The third-order valence-electron chi connectivity index (χ3n) is 7.57. The number of alkyl halides is 3. The van der Waals surface area contributed by atoms with Crippen LogP contribution in [0.1, 0.15) is 48.7 Å². The second-order valence-electron chi connectivity index (χ2n) is 10.1. The van der Waals surface area contributed by atoms with Gasteiger partial charge in [-0.05, 0) is 30.9 Å². The molecule has 0 radical (unpaired) electrons. The summed E-state index contributed by atoms with van der Waals surface area (Å²) in [5.41, 5.74) is 0.685. The fourth-order valence-electron chi connectivity index (χ4n) is 5.65. The number of carbonyl (C=O) groups is 2. The lowest BCUT2D eigenvalue weighted by atomic mass is 9.93. The van der Waals surface area contributed by atoms with Crippen LogP contribution in [-0.2, 0) is 35.4 Å². The van der Waals surface area contributed by atoms with E-state index in [4.69, 9.17) is 0 Å². The molecule has 1 saturated heterocycles. The summed E-state index contributed by atoms with van der Waals surface area (Å²) in [5.74, 6) is -0.402. The van der Waals surface area contributed by atoms with E-state index < -0.39 is 11.7 Å². The van der Waals surface area contributed by atoms with Crippen LogP contribution >= 0.6 is 11.3 Å². The summed E-state index contributed by atoms with van der Waals surface area (Å²) in [7, 11) is 0. The third kappa shape index (κ3) is 6.33. The largest absolute Gasteiger partial charge is 0.419 e. The number of piperidine rings is 1. The molecular weight excluding hydrogens is 529 g/mol. The summed E-state index contributed by atoms with van der Waals surface area (Å²) in [5, 5.41) is 6.73. The Balaban J connectivity index is 1.49. The van der Waals surface area contributed by atoms with Gasteiger partial charge < -0.3 is 9.80 Å². The number of hydrogen-bond acceptors (Lipinski definition) is 6. The van der Waals surface area contributed by atoms with Gasteiger partial charge in [-0.3, -0.25) is 19.2 Å². The zero-order valence-corrected chi connectivity index (χ0v) is 22.5. The molecule has 1 aromatic carbocycles. The van der Waals surface area contributed by atoms with Gasteiger partial charge in [0.1, 0.15) is 11.6 Å². The monoisotopic (exact) mass is 560 g/mol. The zero-order chi connectivity index (χ0) is 27.6. The smallest absolute Gasteiger partial charge is 0.335 e. The van der Waals surface area contributed by atoms with Crippen molar-refractivity contribution in [1.82, 2.24) is 24.6 Å². The summed E-state index contributed by atoms with van der Waals surface area (Å²) >= 11 is 1.59. The first-order valence-electron chi connectivity index (χ1n) is 13.1. The lowest BCUT2D eigenvalue weighted by Gasteiger charge is -2.43. The Bertz CT molecular complexity index is 1290. The van der Waals surface area contributed by atoms with Gasteiger partial charge in [-0.2, -0.15) is 18.3 Å². The Morgan fingerprint density at radius 1 is 1.13 bits per heavy atom. The van der Waals surface area contributed by atoms with E-state index in [0.29, 0.717) is 19.6 Å². The highest BCUT2D eigenvalue weighted by Crippen LogP contribution is 2.32. The van der Waals surface area contributed by atoms with Crippen molar-refractivity contribution in [3.8, 4) is 0 Å². The molecular formula is C27H31F3N6O2S. The van der Waals surface area contributed by atoms with Gasteiger partial charge >= 0.3 is 6.18 Å². The molecule has 3 aromatic rings. The molecule has 8 nitrogen and oxygen atoms in total. The average molecular weight is 561 g/mol. The first kappa shape index (κ1) is 27.3. The van der Waals surface area contributed by atoms with Crippen LogP contribution in [0.2, 0.25) is 0 Å². The maximum atomic E-state index is 13.7. The van der Waals surface area contributed by atoms with Crippen molar-refractivity contribution in [2.75, 3.05) is 18.0 Å². The molecule has 208 valence electrons. The predicted molar refractivity (Wildman–Crippen MR) is 141 cm³/mol. The number of para-hydroxylation sites is 1. The van der Waals surface area contributed by atoms with Crippen molar-refractivity contribution in [1.29, 1.82) is 0 Å². The molecule has 2 aromatic heterocycles. The number of hydrogen-bond donors (Lipinski definition) is 0. The molecule has 0 spiro atoms. The van der Waals surface area contributed by atoms with Crippen LogP contribution in [0.15, 0.2) is 48.2 Å². The van der Waals surface area contributed by atoms with Gasteiger partial charge in [0.25, 0.3) is 0 Å². The molecule has 1 fully saturated rings. The van der Waals surface area contributed by atoms with E-state index in [1.165, 1.54) is 0 Å². The SMILES string of the molecule is CC(=O)N1CCC2CCCC(CN(C(=O)Cn3cc(C(F)(F)F)cn3)Cc3ccccc31)N2Cc1nccs1. The minimum absolute atomic E-state index is 0.0518. The van der Waals surface area contributed by atoms with E-state index in [9.17, 15) is 22.8 Å². The zero-order valence-electron chi connectivity index (χ0n) is 21.7. The van der Waals surface area contributed by atoms with E-state index >= 15 is 0 Å². The summed E-state index contributed by atoms with van der Waals surface area (Å²) in [4.78, 5) is 36.8. The Labute approximate surface area is 229 Å². The second-order valence-corrected chi connectivity index (χ2v) is 11.1. The van der Waals surface area contributed by atoms with Gasteiger partial charge in [-0.25, -0.2) is 4.98 Å². The normalized spacial score (nSPS) is 20.8. The quantitative estimate of drug-likeness (QED) is 0.468. The van der Waals surface area contributed by atoms with Gasteiger partial charge in [0, 0.05) is 62.1 Å². The van der Waals surface area contributed by atoms with Gasteiger partial charge in [-0.15, -0.1) is 11.3 Å². The van der Waals surface area contributed by atoms with Crippen LogP contribution in [0.4, 0.5) is 18.9 Å². The molecule has 2 aliphatic rings. The van der Waals surface area contributed by atoms with Crippen LogP contribution in [0.5, 0.6) is 0 Å². The molecule has 2 aliphatic heterocycles. The van der Waals surface area contributed by atoms with Crippen molar-refractivity contribution < 1.29 is 22.8 Å². The van der Waals surface area contributed by atoms with Gasteiger partial charge in [0.15, 0.2) is 0 Å². The number of thiazole rings is 1. The molecule has 2 atom stereocenters. The Morgan fingerprint density at radius 2 is 1.92 bits per heavy atom. The molecule has 39 heavy (non-hydrogen) atoms. The van der Waals surface area contributed by atoms with Crippen molar-refractivity contribution >= 4 is 28.8 Å². The summed E-state index contributed by atoms with van der Waals surface area (Å²) in [6.45, 7) is 3.10. The third-order valence-corrected chi connectivity index (χ3v) is 8.33. The first-order valence-corrected chi connectivity index (χ1v) is 13.9. The number of amides is 2. The van der Waals surface area contributed by atoms with E-state index in [1.807, 2.05) is 29.6 Å². The number of rotatable bonds is 4. The maximum absolute atomic E-state index is 13.7. The summed E-state index contributed by atoms with van der Waals surface area (Å²) < 4.78 is 40.4. The molecule has 0 aliphatic carbocycles. The number of nitrogens with zero attached hydrogens (tertiary/aromatic N) is 6. The summed E-state index contributed by atoms with van der Waals surface area (Å²) in [6.07, 6.45) is 2.51. The average Bonchev–Trinajstić information content (AvgIpc) is 3.57. The highest BCUT2D eigenvalue weighted by Gasteiger charge is 2.36. The summed E-state index contributed by atoms with van der Waals surface area (Å²) in [6, 6.07) is 7.79. The first-order chi connectivity index (χ1) is 18.7. The topological polar surface area (TPSA) is 74.6 Å². The molecule has 2 unspecified atom stereocenters. The number of carbonyl (C=O) groups excluding carboxylic acids is 2. The van der Waals surface area contributed by atoms with Crippen molar-refractivity contribution in [2.24, 2.45) is 0 Å². The lowest BCUT2D eigenvalue weighted by molar-refractivity contribution is -0.138. The van der Waals surface area contributed by atoms with E-state index in [1.54, 1.807) is 34.3 Å². The fourth-order valence-corrected chi connectivity index (χ4v) is 6.28. The van der Waals surface area contributed by atoms with Crippen LogP contribution in [-0.4, -0.2) is 61.6 Å². The second kappa shape index (κ2) is 11.5. The van der Waals surface area contributed by atoms with E-state index in [2.05, 4.69) is 15.0 Å². The lowest BCUT2D eigenvalue weighted by Crippen LogP contribution is -2.52.